The van der Waals surface area contributed by atoms with Crippen LogP contribution in [-0.2, 0) is 5.41 Å². The lowest BCUT2D eigenvalue weighted by Gasteiger charge is -2.45. The normalized spacial score (nSPS) is 30.9. The maximum atomic E-state index is 3.28. The molecule has 0 radical (unpaired) electrons. The Morgan fingerprint density at radius 2 is 1.93 bits per heavy atom. The smallest absolute Gasteiger partial charge is 0.0375 e. The molecule has 1 saturated carbocycles. The molecule has 1 aliphatic carbocycles. The van der Waals surface area contributed by atoms with Gasteiger partial charge in [-0.05, 0) is 35.8 Å². The zero-order valence-corrected chi connectivity index (χ0v) is 9.30. The highest BCUT2D eigenvalue weighted by Gasteiger charge is 2.40. The van der Waals surface area contributed by atoms with Gasteiger partial charge in [0.05, 0.1) is 0 Å². The first-order valence-electron chi connectivity index (χ1n) is 5.43. The molecule has 0 saturated heterocycles. The van der Waals surface area contributed by atoms with Crippen LogP contribution in [0.2, 0.25) is 0 Å². The van der Waals surface area contributed by atoms with Crippen molar-refractivity contribution in [2.45, 2.75) is 32.1 Å². The van der Waals surface area contributed by atoms with E-state index in [1.165, 1.54) is 24.1 Å². The van der Waals surface area contributed by atoms with Crippen molar-refractivity contribution in [1.82, 2.24) is 0 Å². The first-order valence-corrected chi connectivity index (χ1v) is 5.43. The van der Waals surface area contributed by atoms with Crippen LogP contribution >= 0.6 is 0 Å². The van der Waals surface area contributed by atoms with Crippen molar-refractivity contribution in [3.8, 4) is 0 Å². The van der Waals surface area contributed by atoms with Crippen LogP contribution in [0.3, 0.4) is 0 Å². The summed E-state index contributed by atoms with van der Waals surface area (Å²) < 4.78 is 0. The number of nitrogens with one attached hydrogen (secondary N) is 1. The van der Waals surface area contributed by atoms with Crippen molar-refractivity contribution >= 4 is 5.69 Å². The lowest BCUT2D eigenvalue weighted by Crippen LogP contribution is -2.37. The zero-order chi connectivity index (χ0) is 10.2. The first kappa shape index (κ1) is 9.57. The lowest BCUT2D eigenvalue weighted by molar-refractivity contribution is 0.178. The lowest BCUT2D eigenvalue weighted by atomic mass is 9.60. The molecule has 0 amide bonds. The minimum Gasteiger partial charge on any atom is -0.388 e. The standard InChI is InChI=1S/C13H19N/c1-10-8-13(2,9-10)11-6-4-5-7-12(11)14-3/h4-7,10,14H,8-9H2,1-3H3. The molecule has 0 unspecified atom stereocenters. The third kappa shape index (κ3) is 1.41. The molecule has 0 heterocycles. The average molecular weight is 189 g/mol. The molecule has 1 N–H and O–H groups in total. The molecule has 1 aromatic rings. The molecule has 1 aliphatic rings. The molecule has 1 aromatic carbocycles. The summed E-state index contributed by atoms with van der Waals surface area (Å²) in [4.78, 5) is 0. The van der Waals surface area contributed by atoms with Crippen LogP contribution in [0.5, 0.6) is 0 Å². The highest BCUT2D eigenvalue weighted by Crippen LogP contribution is 2.49. The number of para-hydroxylation sites is 1. The second kappa shape index (κ2) is 3.30. The van der Waals surface area contributed by atoms with Crippen LogP contribution in [0.1, 0.15) is 32.3 Å². The molecule has 0 spiro atoms. The van der Waals surface area contributed by atoms with E-state index >= 15 is 0 Å². The summed E-state index contributed by atoms with van der Waals surface area (Å²) in [5, 5.41) is 3.28. The molecule has 2 rings (SSSR count). The maximum absolute atomic E-state index is 3.28. The van der Waals surface area contributed by atoms with Crippen LogP contribution in [-0.4, -0.2) is 7.05 Å². The SMILES string of the molecule is CNc1ccccc1C1(C)CC(C)C1. The monoisotopic (exact) mass is 189 g/mol. The Balaban J connectivity index is 2.32. The van der Waals surface area contributed by atoms with Crippen molar-refractivity contribution in [3.63, 3.8) is 0 Å². The molecule has 0 atom stereocenters. The van der Waals surface area contributed by atoms with E-state index in [1.54, 1.807) is 0 Å². The summed E-state index contributed by atoms with van der Waals surface area (Å²) in [6.07, 6.45) is 2.65. The Labute approximate surface area is 86.5 Å². The van der Waals surface area contributed by atoms with Gasteiger partial charge < -0.3 is 5.32 Å². The van der Waals surface area contributed by atoms with Crippen LogP contribution in [0.15, 0.2) is 24.3 Å². The molecule has 1 fully saturated rings. The van der Waals surface area contributed by atoms with E-state index < -0.39 is 0 Å². The second-order valence-corrected chi connectivity index (χ2v) is 4.87. The van der Waals surface area contributed by atoms with Crippen LogP contribution in [0.25, 0.3) is 0 Å². The molecule has 1 heteroatoms. The third-order valence-corrected chi connectivity index (χ3v) is 3.44. The molecular formula is C13H19N. The highest BCUT2D eigenvalue weighted by molar-refractivity contribution is 5.54. The van der Waals surface area contributed by atoms with Gasteiger partial charge in [-0.25, -0.2) is 0 Å². The summed E-state index contributed by atoms with van der Waals surface area (Å²) in [6.45, 7) is 4.72. The Hall–Kier alpha value is -0.980. The molecule has 76 valence electrons. The molecule has 0 bridgehead atoms. The van der Waals surface area contributed by atoms with Gasteiger partial charge in [0.25, 0.3) is 0 Å². The van der Waals surface area contributed by atoms with Crippen LogP contribution in [0, 0.1) is 5.92 Å². The maximum Gasteiger partial charge on any atom is 0.0375 e. The quantitative estimate of drug-likeness (QED) is 0.751. The predicted octanol–water partition coefficient (Wildman–Crippen LogP) is 3.42. The largest absolute Gasteiger partial charge is 0.388 e. The Morgan fingerprint density at radius 1 is 1.29 bits per heavy atom. The highest BCUT2D eigenvalue weighted by atomic mass is 14.8. The van der Waals surface area contributed by atoms with Crippen molar-refractivity contribution in [3.05, 3.63) is 29.8 Å². The van der Waals surface area contributed by atoms with Crippen LogP contribution in [0.4, 0.5) is 5.69 Å². The Bertz CT molecular complexity index is 324. The summed E-state index contributed by atoms with van der Waals surface area (Å²) in [6, 6.07) is 8.67. The molecule has 0 aliphatic heterocycles. The number of hydrogen-bond acceptors (Lipinski definition) is 1. The van der Waals surface area contributed by atoms with Gasteiger partial charge in [-0.2, -0.15) is 0 Å². The molecular weight excluding hydrogens is 170 g/mol. The van der Waals surface area contributed by atoms with Crippen molar-refractivity contribution in [1.29, 1.82) is 0 Å². The summed E-state index contributed by atoms with van der Waals surface area (Å²) in [5.74, 6) is 0.893. The van der Waals surface area contributed by atoms with Gasteiger partial charge in [0.1, 0.15) is 0 Å². The van der Waals surface area contributed by atoms with Gasteiger partial charge in [0.15, 0.2) is 0 Å². The van der Waals surface area contributed by atoms with Crippen molar-refractivity contribution in [2.24, 2.45) is 5.92 Å². The summed E-state index contributed by atoms with van der Waals surface area (Å²) in [7, 11) is 2.00. The number of benzene rings is 1. The zero-order valence-electron chi connectivity index (χ0n) is 9.30. The van der Waals surface area contributed by atoms with Crippen LogP contribution < -0.4 is 5.32 Å². The van der Waals surface area contributed by atoms with Gasteiger partial charge in [-0.1, -0.05) is 32.0 Å². The van der Waals surface area contributed by atoms with Gasteiger partial charge in [-0.3, -0.25) is 0 Å². The van der Waals surface area contributed by atoms with Crippen molar-refractivity contribution in [2.75, 3.05) is 12.4 Å². The van der Waals surface area contributed by atoms with Crippen molar-refractivity contribution < 1.29 is 0 Å². The summed E-state index contributed by atoms with van der Waals surface area (Å²) >= 11 is 0. The van der Waals surface area contributed by atoms with E-state index in [-0.39, 0.29) is 0 Å². The number of anilines is 1. The minimum atomic E-state index is 0.416. The van der Waals surface area contributed by atoms with Gasteiger partial charge in [0.2, 0.25) is 0 Å². The van der Waals surface area contributed by atoms with E-state index in [0.29, 0.717) is 5.41 Å². The second-order valence-electron chi connectivity index (χ2n) is 4.87. The minimum absolute atomic E-state index is 0.416. The van der Waals surface area contributed by atoms with E-state index in [0.717, 1.165) is 5.92 Å². The number of hydrogen-bond donors (Lipinski definition) is 1. The topological polar surface area (TPSA) is 12.0 Å². The average Bonchev–Trinajstić information content (AvgIpc) is 2.15. The molecule has 1 nitrogen and oxygen atoms in total. The third-order valence-electron chi connectivity index (χ3n) is 3.44. The van der Waals surface area contributed by atoms with Gasteiger partial charge in [0, 0.05) is 12.7 Å². The van der Waals surface area contributed by atoms with E-state index in [4.69, 9.17) is 0 Å². The molecule has 14 heavy (non-hydrogen) atoms. The summed E-state index contributed by atoms with van der Waals surface area (Å²) in [5.41, 5.74) is 3.20. The fourth-order valence-electron chi connectivity index (χ4n) is 2.93. The molecule has 0 aromatic heterocycles. The fraction of sp³-hybridized carbons (Fsp3) is 0.538. The van der Waals surface area contributed by atoms with E-state index in [9.17, 15) is 0 Å². The van der Waals surface area contributed by atoms with E-state index in [1.807, 2.05) is 7.05 Å². The van der Waals surface area contributed by atoms with Gasteiger partial charge in [-0.15, -0.1) is 0 Å². The predicted molar refractivity (Wildman–Crippen MR) is 61.7 cm³/mol. The Morgan fingerprint density at radius 3 is 2.50 bits per heavy atom. The first-order chi connectivity index (χ1) is 6.65. The van der Waals surface area contributed by atoms with Gasteiger partial charge >= 0.3 is 0 Å². The number of rotatable bonds is 2. The fourth-order valence-corrected chi connectivity index (χ4v) is 2.93. The van der Waals surface area contributed by atoms with E-state index in [2.05, 4.69) is 43.4 Å². The Kier molecular flexibility index (Phi) is 2.26.